The topological polar surface area (TPSA) is 49.8 Å². The number of nitrogens with zero attached hydrogens (tertiary/aromatic N) is 2. The van der Waals surface area contributed by atoms with E-state index < -0.39 is 0 Å². The maximum absolute atomic E-state index is 4.39. The average Bonchev–Trinajstić information content (AvgIpc) is 2.96. The molecule has 4 nitrogen and oxygen atoms in total. The van der Waals surface area contributed by atoms with E-state index in [2.05, 4.69) is 41.4 Å². The van der Waals surface area contributed by atoms with E-state index in [4.69, 9.17) is 0 Å². The lowest BCUT2D eigenvalue weighted by Crippen LogP contribution is -2.12. The van der Waals surface area contributed by atoms with E-state index in [-0.39, 0.29) is 0 Å². The molecule has 1 aromatic heterocycles. The Hall–Kier alpha value is -1.32. The summed E-state index contributed by atoms with van der Waals surface area (Å²) in [4.78, 5) is 8.68. The van der Waals surface area contributed by atoms with Crippen molar-refractivity contribution >= 4 is 11.6 Å². The quantitative estimate of drug-likeness (QED) is 0.812. The van der Waals surface area contributed by atoms with Crippen LogP contribution < -0.4 is 10.6 Å². The molecule has 1 heterocycles. The summed E-state index contributed by atoms with van der Waals surface area (Å²) in [5, 5.41) is 6.65. The van der Waals surface area contributed by atoms with Crippen molar-refractivity contribution in [3.63, 3.8) is 0 Å². The predicted octanol–water partition coefficient (Wildman–Crippen LogP) is 2.93. The van der Waals surface area contributed by atoms with Crippen LogP contribution >= 0.6 is 0 Å². The first kappa shape index (κ1) is 13.1. The predicted molar refractivity (Wildman–Crippen MR) is 76.0 cm³/mol. The highest BCUT2D eigenvalue weighted by atomic mass is 15.1. The number of anilines is 2. The SMILES string of the molecule is CCCc1c(NC)ncnc1NCC1CC1(C)C. The lowest BCUT2D eigenvalue weighted by molar-refractivity contribution is 0.572. The van der Waals surface area contributed by atoms with Gasteiger partial charge in [-0.15, -0.1) is 0 Å². The second-order valence-corrected chi connectivity index (χ2v) is 5.82. The van der Waals surface area contributed by atoms with Gasteiger partial charge in [-0.2, -0.15) is 0 Å². The van der Waals surface area contributed by atoms with Crippen LogP contribution in [0.2, 0.25) is 0 Å². The minimum Gasteiger partial charge on any atom is -0.373 e. The molecule has 1 atom stereocenters. The Morgan fingerprint density at radius 2 is 2.00 bits per heavy atom. The van der Waals surface area contributed by atoms with Gasteiger partial charge in [0, 0.05) is 19.2 Å². The Labute approximate surface area is 110 Å². The molecule has 1 aromatic rings. The van der Waals surface area contributed by atoms with Crippen molar-refractivity contribution in [2.45, 2.75) is 40.0 Å². The zero-order chi connectivity index (χ0) is 13.2. The van der Waals surface area contributed by atoms with Gasteiger partial charge in [0.15, 0.2) is 0 Å². The third-order valence-corrected chi connectivity index (χ3v) is 3.92. The Morgan fingerprint density at radius 3 is 2.56 bits per heavy atom. The highest BCUT2D eigenvalue weighted by Crippen LogP contribution is 2.51. The van der Waals surface area contributed by atoms with Gasteiger partial charge in [0.05, 0.1) is 0 Å². The van der Waals surface area contributed by atoms with E-state index in [1.54, 1.807) is 6.33 Å². The maximum atomic E-state index is 4.39. The van der Waals surface area contributed by atoms with Gasteiger partial charge in [0.1, 0.15) is 18.0 Å². The molecular weight excluding hydrogens is 224 g/mol. The van der Waals surface area contributed by atoms with Gasteiger partial charge < -0.3 is 10.6 Å². The Kier molecular flexibility index (Phi) is 3.73. The smallest absolute Gasteiger partial charge is 0.134 e. The van der Waals surface area contributed by atoms with Crippen molar-refractivity contribution < 1.29 is 0 Å². The molecule has 2 N–H and O–H groups in total. The molecule has 0 spiro atoms. The molecule has 1 saturated carbocycles. The molecule has 18 heavy (non-hydrogen) atoms. The van der Waals surface area contributed by atoms with Crippen molar-refractivity contribution in [2.24, 2.45) is 11.3 Å². The van der Waals surface area contributed by atoms with E-state index in [1.807, 2.05) is 7.05 Å². The monoisotopic (exact) mass is 248 g/mol. The minimum atomic E-state index is 0.511. The zero-order valence-electron chi connectivity index (χ0n) is 11.9. The Bertz CT molecular complexity index is 414. The van der Waals surface area contributed by atoms with Crippen molar-refractivity contribution in [3.05, 3.63) is 11.9 Å². The van der Waals surface area contributed by atoms with Crippen LogP contribution in [0.5, 0.6) is 0 Å². The lowest BCUT2D eigenvalue weighted by atomic mass is 10.1. The lowest BCUT2D eigenvalue weighted by Gasteiger charge is -2.14. The first-order chi connectivity index (χ1) is 8.58. The van der Waals surface area contributed by atoms with Crippen molar-refractivity contribution in [1.82, 2.24) is 9.97 Å². The van der Waals surface area contributed by atoms with Crippen LogP contribution in [-0.2, 0) is 6.42 Å². The largest absolute Gasteiger partial charge is 0.373 e. The van der Waals surface area contributed by atoms with Gasteiger partial charge in [0.25, 0.3) is 0 Å². The van der Waals surface area contributed by atoms with E-state index in [0.717, 1.165) is 36.9 Å². The molecular formula is C14H24N4. The van der Waals surface area contributed by atoms with Gasteiger partial charge in [0.2, 0.25) is 0 Å². The number of nitrogens with one attached hydrogen (secondary N) is 2. The van der Waals surface area contributed by atoms with Gasteiger partial charge in [-0.1, -0.05) is 27.2 Å². The van der Waals surface area contributed by atoms with E-state index in [9.17, 15) is 0 Å². The van der Waals surface area contributed by atoms with Crippen LogP contribution in [0.1, 0.15) is 39.2 Å². The highest BCUT2D eigenvalue weighted by molar-refractivity contribution is 5.57. The molecule has 0 amide bonds. The summed E-state index contributed by atoms with van der Waals surface area (Å²) in [6, 6.07) is 0. The Balaban J connectivity index is 2.06. The molecule has 1 aliphatic rings. The number of hydrogen-bond donors (Lipinski definition) is 2. The fourth-order valence-corrected chi connectivity index (χ4v) is 2.41. The molecule has 0 aliphatic heterocycles. The summed E-state index contributed by atoms with van der Waals surface area (Å²) in [5.74, 6) is 2.73. The molecule has 1 fully saturated rings. The summed E-state index contributed by atoms with van der Waals surface area (Å²) in [6.07, 6.45) is 5.05. The number of rotatable bonds is 6. The summed E-state index contributed by atoms with van der Waals surface area (Å²) in [6.45, 7) is 7.85. The third kappa shape index (κ3) is 2.74. The summed E-state index contributed by atoms with van der Waals surface area (Å²) >= 11 is 0. The van der Waals surface area contributed by atoms with Crippen LogP contribution in [0.4, 0.5) is 11.6 Å². The number of aromatic nitrogens is 2. The molecule has 100 valence electrons. The van der Waals surface area contributed by atoms with Gasteiger partial charge >= 0.3 is 0 Å². The molecule has 1 unspecified atom stereocenters. The standard InChI is InChI=1S/C14H24N4/c1-5-6-11-12(15-4)17-9-18-13(11)16-8-10-7-14(10,2)3/h9-10H,5-8H2,1-4H3,(H2,15,16,17,18). The zero-order valence-corrected chi connectivity index (χ0v) is 11.9. The fraction of sp³-hybridized carbons (Fsp3) is 0.714. The molecule has 4 heteroatoms. The summed E-state index contributed by atoms with van der Waals surface area (Å²) in [5.41, 5.74) is 1.72. The highest BCUT2D eigenvalue weighted by Gasteiger charge is 2.45. The van der Waals surface area contributed by atoms with Crippen LogP contribution in [-0.4, -0.2) is 23.6 Å². The molecule has 0 radical (unpaired) electrons. The van der Waals surface area contributed by atoms with Gasteiger partial charge in [-0.3, -0.25) is 0 Å². The van der Waals surface area contributed by atoms with Crippen molar-refractivity contribution in [2.75, 3.05) is 24.2 Å². The van der Waals surface area contributed by atoms with Crippen LogP contribution in [0.15, 0.2) is 6.33 Å². The van der Waals surface area contributed by atoms with Crippen molar-refractivity contribution in [3.8, 4) is 0 Å². The normalized spacial score (nSPS) is 20.6. The minimum absolute atomic E-state index is 0.511. The van der Waals surface area contributed by atoms with E-state index in [1.165, 1.54) is 12.0 Å². The molecule has 0 aromatic carbocycles. The van der Waals surface area contributed by atoms with E-state index >= 15 is 0 Å². The first-order valence-electron chi connectivity index (χ1n) is 6.84. The summed E-state index contributed by atoms with van der Waals surface area (Å²) < 4.78 is 0. The van der Waals surface area contributed by atoms with Crippen molar-refractivity contribution in [1.29, 1.82) is 0 Å². The molecule has 1 aliphatic carbocycles. The van der Waals surface area contributed by atoms with Gasteiger partial charge in [-0.05, 0) is 24.2 Å². The molecule has 2 rings (SSSR count). The Morgan fingerprint density at radius 1 is 1.33 bits per heavy atom. The van der Waals surface area contributed by atoms with E-state index in [0.29, 0.717) is 5.41 Å². The second kappa shape index (κ2) is 5.12. The maximum Gasteiger partial charge on any atom is 0.134 e. The summed E-state index contributed by atoms with van der Waals surface area (Å²) in [7, 11) is 1.91. The van der Waals surface area contributed by atoms with Crippen LogP contribution in [0.3, 0.4) is 0 Å². The first-order valence-corrected chi connectivity index (χ1v) is 6.84. The third-order valence-electron chi connectivity index (χ3n) is 3.92. The van der Waals surface area contributed by atoms with Crippen LogP contribution in [0, 0.1) is 11.3 Å². The second-order valence-electron chi connectivity index (χ2n) is 5.82. The average molecular weight is 248 g/mol. The fourth-order valence-electron chi connectivity index (χ4n) is 2.41. The molecule has 0 saturated heterocycles. The molecule has 0 bridgehead atoms. The number of hydrogen-bond acceptors (Lipinski definition) is 4. The van der Waals surface area contributed by atoms with Gasteiger partial charge in [-0.25, -0.2) is 9.97 Å². The van der Waals surface area contributed by atoms with Crippen LogP contribution in [0.25, 0.3) is 0 Å².